The highest BCUT2D eigenvalue weighted by molar-refractivity contribution is 5.94. The minimum Gasteiger partial charge on any atom is -0.351 e. The molecule has 3 nitrogen and oxygen atoms in total. The second-order valence-electron chi connectivity index (χ2n) is 5.31. The lowest BCUT2D eigenvalue weighted by Crippen LogP contribution is -2.42. The van der Waals surface area contributed by atoms with Crippen molar-refractivity contribution in [2.45, 2.75) is 39.8 Å². The first-order chi connectivity index (χ1) is 9.32. The average Bonchev–Trinajstić information content (AvgIpc) is 2.33. The summed E-state index contributed by atoms with van der Waals surface area (Å²) in [5, 5.41) is 2.66. The molecule has 1 aromatic carbocycles. The number of carbonyl (C=O) groups is 1. The summed E-state index contributed by atoms with van der Waals surface area (Å²) >= 11 is 0. The summed E-state index contributed by atoms with van der Waals surface area (Å²) in [6, 6.07) is 3.68. The molecule has 5 heteroatoms. The van der Waals surface area contributed by atoms with Crippen molar-refractivity contribution in [2.24, 2.45) is 0 Å². The van der Waals surface area contributed by atoms with Crippen LogP contribution in [0.25, 0.3) is 0 Å². The topological polar surface area (TPSA) is 32.3 Å². The van der Waals surface area contributed by atoms with Crippen molar-refractivity contribution >= 4 is 5.91 Å². The maximum atomic E-state index is 13.4. The normalized spacial score (nSPS) is 11.4. The molecular weight excluding hydrogens is 262 g/mol. The lowest BCUT2D eigenvalue weighted by atomic mass is 10.2. The Kier molecular flexibility index (Phi) is 6.07. The Morgan fingerprint density at radius 2 is 1.80 bits per heavy atom. The lowest BCUT2D eigenvalue weighted by Gasteiger charge is -2.30. The van der Waals surface area contributed by atoms with Crippen molar-refractivity contribution in [2.75, 3.05) is 13.1 Å². The van der Waals surface area contributed by atoms with Gasteiger partial charge in [0.2, 0.25) is 0 Å². The Morgan fingerprint density at radius 1 is 1.20 bits per heavy atom. The molecule has 0 aliphatic heterocycles. The van der Waals surface area contributed by atoms with Crippen molar-refractivity contribution in [3.05, 3.63) is 35.4 Å². The number of rotatable bonds is 6. The molecule has 0 bridgehead atoms. The third-order valence-corrected chi connectivity index (χ3v) is 3.16. The van der Waals surface area contributed by atoms with E-state index in [1.807, 2.05) is 0 Å². The molecule has 0 heterocycles. The molecule has 0 saturated carbocycles. The summed E-state index contributed by atoms with van der Waals surface area (Å²) < 4.78 is 26.2. The van der Waals surface area contributed by atoms with E-state index in [0.29, 0.717) is 31.2 Å². The Labute approximate surface area is 119 Å². The summed E-state index contributed by atoms with van der Waals surface area (Å²) in [7, 11) is 0. The van der Waals surface area contributed by atoms with Gasteiger partial charge < -0.3 is 5.32 Å². The van der Waals surface area contributed by atoms with Crippen molar-refractivity contribution < 1.29 is 13.6 Å². The van der Waals surface area contributed by atoms with Crippen LogP contribution in [-0.4, -0.2) is 36.0 Å². The van der Waals surface area contributed by atoms with Crippen molar-refractivity contribution in [3.8, 4) is 0 Å². The Bertz CT molecular complexity index is 453. The minimum absolute atomic E-state index is 0.132. The molecule has 1 rings (SSSR count). The van der Waals surface area contributed by atoms with Gasteiger partial charge in [0.25, 0.3) is 5.91 Å². The number of halogens is 2. The molecule has 1 aromatic rings. The van der Waals surface area contributed by atoms with Gasteiger partial charge in [0.15, 0.2) is 0 Å². The zero-order valence-electron chi connectivity index (χ0n) is 12.4. The fraction of sp³-hybridized carbons (Fsp3) is 0.533. The molecular formula is C15H22F2N2O. The van der Waals surface area contributed by atoms with E-state index in [1.165, 1.54) is 0 Å². The van der Waals surface area contributed by atoms with E-state index in [4.69, 9.17) is 0 Å². The quantitative estimate of drug-likeness (QED) is 0.871. The number of amides is 1. The van der Waals surface area contributed by atoms with Crippen molar-refractivity contribution in [1.82, 2.24) is 10.2 Å². The zero-order valence-corrected chi connectivity index (χ0v) is 12.4. The Hall–Kier alpha value is -1.49. The largest absolute Gasteiger partial charge is 0.351 e. The highest BCUT2D eigenvalue weighted by Crippen LogP contribution is 2.09. The second-order valence-corrected chi connectivity index (χ2v) is 5.31. The Morgan fingerprint density at radius 3 is 2.30 bits per heavy atom. The third-order valence-electron chi connectivity index (χ3n) is 3.16. The molecule has 0 unspecified atom stereocenters. The minimum atomic E-state index is -0.841. The van der Waals surface area contributed by atoms with E-state index in [9.17, 15) is 13.6 Å². The summed E-state index contributed by atoms with van der Waals surface area (Å²) in [5.74, 6) is -2.05. The first-order valence-electron chi connectivity index (χ1n) is 6.82. The fourth-order valence-electron chi connectivity index (χ4n) is 2.18. The van der Waals surface area contributed by atoms with Crippen LogP contribution in [0.2, 0.25) is 0 Å². The standard InChI is InChI=1S/C15H22F2N2O/c1-10(2)19(11(3)4)8-7-18-15(20)13-6-5-12(16)9-14(13)17/h5-6,9-11H,7-8H2,1-4H3,(H,18,20). The van der Waals surface area contributed by atoms with E-state index >= 15 is 0 Å². The number of nitrogens with one attached hydrogen (secondary N) is 1. The SMILES string of the molecule is CC(C)N(CCNC(=O)c1ccc(F)cc1F)C(C)C. The van der Waals surface area contributed by atoms with Crippen LogP contribution in [-0.2, 0) is 0 Å². The van der Waals surface area contributed by atoms with E-state index in [0.717, 1.165) is 12.1 Å². The predicted molar refractivity (Wildman–Crippen MR) is 75.7 cm³/mol. The molecule has 0 saturated heterocycles. The molecule has 1 N–H and O–H groups in total. The summed E-state index contributed by atoms with van der Waals surface area (Å²) in [6.07, 6.45) is 0. The van der Waals surface area contributed by atoms with Crippen LogP contribution >= 0.6 is 0 Å². The smallest absolute Gasteiger partial charge is 0.254 e. The molecule has 0 aliphatic carbocycles. The van der Waals surface area contributed by atoms with Gasteiger partial charge in [0, 0.05) is 31.2 Å². The zero-order chi connectivity index (χ0) is 15.3. The molecule has 0 atom stereocenters. The average molecular weight is 284 g/mol. The molecule has 0 aromatic heterocycles. The maximum absolute atomic E-state index is 13.4. The number of hydrogen-bond donors (Lipinski definition) is 1. The van der Waals surface area contributed by atoms with Crippen LogP contribution in [0.1, 0.15) is 38.1 Å². The van der Waals surface area contributed by atoms with Crippen LogP contribution < -0.4 is 5.32 Å². The monoisotopic (exact) mass is 284 g/mol. The molecule has 0 radical (unpaired) electrons. The van der Waals surface area contributed by atoms with Crippen molar-refractivity contribution in [3.63, 3.8) is 0 Å². The molecule has 0 fully saturated rings. The Balaban J connectivity index is 2.55. The van der Waals surface area contributed by atoms with E-state index < -0.39 is 17.5 Å². The molecule has 0 aliphatic rings. The van der Waals surface area contributed by atoms with E-state index in [2.05, 4.69) is 37.9 Å². The van der Waals surface area contributed by atoms with Gasteiger partial charge in [0.1, 0.15) is 11.6 Å². The number of benzene rings is 1. The number of hydrogen-bond acceptors (Lipinski definition) is 2. The summed E-state index contributed by atoms with van der Waals surface area (Å²) in [5.41, 5.74) is -0.132. The first kappa shape index (κ1) is 16.6. The molecule has 112 valence electrons. The maximum Gasteiger partial charge on any atom is 0.254 e. The lowest BCUT2D eigenvalue weighted by molar-refractivity contribution is 0.0935. The second kappa shape index (κ2) is 7.33. The predicted octanol–water partition coefficient (Wildman–Crippen LogP) is 2.81. The van der Waals surface area contributed by atoms with Gasteiger partial charge in [-0.25, -0.2) is 8.78 Å². The van der Waals surface area contributed by atoms with Crippen molar-refractivity contribution in [1.29, 1.82) is 0 Å². The van der Waals surface area contributed by atoms with Crippen LogP contribution in [0, 0.1) is 11.6 Å². The number of carbonyl (C=O) groups excluding carboxylic acids is 1. The molecule has 1 amide bonds. The third kappa shape index (κ3) is 4.56. The molecule has 0 spiro atoms. The van der Waals surface area contributed by atoms with E-state index in [1.54, 1.807) is 0 Å². The van der Waals surface area contributed by atoms with Gasteiger partial charge in [-0.1, -0.05) is 0 Å². The van der Waals surface area contributed by atoms with Gasteiger partial charge in [-0.2, -0.15) is 0 Å². The highest BCUT2D eigenvalue weighted by atomic mass is 19.1. The van der Waals surface area contributed by atoms with Gasteiger partial charge >= 0.3 is 0 Å². The van der Waals surface area contributed by atoms with Gasteiger partial charge in [-0.05, 0) is 39.8 Å². The highest BCUT2D eigenvalue weighted by Gasteiger charge is 2.15. The first-order valence-corrected chi connectivity index (χ1v) is 6.82. The summed E-state index contributed by atoms with van der Waals surface area (Å²) in [6.45, 7) is 9.45. The van der Waals surface area contributed by atoms with Gasteiger partial charge in [-0.15, -0.1) is 0 Å². The van der Waals surface area contributed by atoms with Crippen LogP contribution in [0.3, 0.4) is 0 Å². The fourth-order valence-corrected chi connectivity index (χ4v) is 2.18. The summed E-state index contributed by atoms with van der Waals surface area (Å²) in [4.78, 5) is 14.0. The molecule has 20 heavy (non-hydrogen) atoms. The number of nitrogens with zero attached hydrogens (tertiary/aromatic N) is 1. The van der Waals surface area contributed by atoms with Crippen LogP contribution in [0.15, 0.2) is 18.2 Å². The van der Waals surface area contributed by atoms with E-state index in [-0.39, 0.29) is 5.56 Å². The van der Waals surface area contributed by atoms with Gasteiger partial charge in [-0.3, -0.25) is 9.69 Å². The van der Waals surface area contributed by atoms with Crippen LogP contribution in [0.5, 0.6) is 0 Å². The van der Waals surface area contributed by atoms with Gasteiger partial charge in [0.05, 0.1) is 5.56 Å². The van der Waals surface area contributed by atoms with Crippen LogP contribution in [0.4, 0.5) is 8.78 Å².